The van der Waals surface area contributed by atoms with Crippen LogP contribution >= 0.6 is 0 Å². The maximum atomic E-state index is 6.10. The second-order valence-electron chi connectivity index (χ2n) is 8.74. The molecule has 1 heterocycles. The highest BCUT2D eigenvalue weighted by Crippen LogP contribution is 2.42. The van der Waals surface area contributed by atoms with Gasteiger partial charge in [-0.05, 0) is 69.1 Å². The summed E-state index contributed by atoms with van der Waals surface area (Å²) in [5.74, 6) is 1.52. The number of pyridine rings is 1. The van der Waals surface area contributed by atoms with Crippen molar-refractivity contribution in [1.29, 1.82) is 0 Å². The van der Waals surface area contributed by atoms with Gasteiger partial charge in [-0.3, -0.25) is 0 Å². The van der Waals surface area contributed by atoms with Crippen molar-refractivity contribution in [2.24, 2.45) is 0 Å². The van der Waals surface area contributed by atoms with Crippen molar-refractivity contribution < 1.29 is 9.47 Å². The summed E-state index contributed by atoms with van der Waals surface area (Å²) in [6, 6.07) is 23.2. The first-order valence-corrected chi connectivity index (χ1v) is 11.4. The normalized spacial score (nSPS) is 11.2. The van der Waals surface area contributed by atoms with Crippen LogP contribution in [0.4, 0.5) is 0 Å². The van der Waals surface area contributed by atoms with Crippen molar-refractivity contribution in [1.82, 2.24) is 9.88 Å². The van der Waals surface area contributed by atoms with E-state index in [0.717, 1.165) is 51.9 Å². The number of fused-ring (bicyclic) bond motifs is 1. The smallest absolute Gasteiger partial charge is 0.221 e. The van der Waals surface area contributed by atoms with Gasteiger partial charge in [0.05, 0.1) is 19.4 Å². The minimum absolute atomic E-state index is 0.642. The molecule has 3 aromatic carbocycles. The van der Waals surface area contributed by atoms with Crippen molar-refractivity contribution in [3.8, 4) is 34.0 Å². The van der Waals surface area contributed by atoms with Gasteiger partial charge < -0.3 is 14.4 Å². The Morgan fingerprint density at radius 2 is 1.70 bits per heavy atom. The molecule has 4 aromatic rings. The Hall–Kier alpha value is -3.37. The molecule has 0 atom stereocenters. The Morgan fingerprint density at radius 3 is 2.45 bits per heavy atom. The Morgan fingerprint density at radius 1 is 0.879 bits per heavy atom. The first-order chi connectivity index (χ1) is 16.0. The number of aromatic nitrogens is 1. The van der Waals surface area contributed by atoms with Gasteiger partial charge in [-0.2, -0.15) is 0 Å². The maximum Gasteiger partial charge on any atom is 0.221 e. The van der Waals surface area contributed by atoms with Crippen LogP contribution in [0.25, 0.3) is 33.2 Å². The monoisotopic (exact) mass is 440 g/mol. The lowest BCUT2D eigenvalue weighted by atomic mass is 9.91. The third kappa shape index (κ3) is 5.01. The van der Waals surface area contributed by atoms with Gasteiger partial charge in [0.15, 0.2) is 0 Å². The van der Waals surface area contributed by atoms with E-state index < -0.39 is 0 Å². The van der Waals surface area contributed by atoms with Crippen LogP contribution in [-0.4, -0.2) is 44.2 Å². The molecular weight excluding hydrogens is 408 g/mol. The van der Waals surface area contributed by atoms with E-state index in [9.17, 15) is 0 Å². The van der Waals surface area contributed by atoms with Gasteiger partial charge in [0.1, 0.15) is 5.75 Å². The van der Waals surface area contributed by atoms with E-state index in [-0.39, 0.29) is 0 Å². The fourth-order valence-electron chi connectivity index (χ4n) is 4.19. The zero-order valence-electron chi connectivity index (χ0n) is 20.2. The summed E-state index contributed by atoms with van der Waals surface area (Å²) >= 11 is 0. The highest BCUT2D eigenvalue weighted by atomic mass is 16.5. The molecule has 0 radical (unpaired) electrons. The lowest BCUT2D eigenvalue weighted by Crippen LogP contribution is -2.15. The van der Waals surface area contributed by atoms with Crippen molar-refractivity contribution >= 4 is 10.8 Å². The average molecular weight is 441 g/mol. The van der Waals surface area contributed by atoms with Gasteiger partial charge in [0.2, 0.25) is 5.88 Å². The molecule has 0 fully saturated rings. The zero-order valence-corrected chi connectivity index (χ0v) is 20.2. The molecule has 0 N–H and O–H groups in total. The molecule has 4 heteroatoms. The summed E-state index contributed by atoms with van der Waals surface area (Å²) in [6.45, 7) is 5.93. The third-order valence-corrected chi connectivity index (χ3v) is 5.86. The Labute approximate surface area is 196 Å². The van der Waals surface area contributed by atoms with Crippen molar-refractivity contribution in [2.75, 3.05) is 34.4 Å². The lowest BCUT2D eigenvalue weighted by Gasteiger charge is -2.18. The summed E-state index contributed by atoms with van der Waals surface area (Å²) in [7, 11) is 5.85. The van der Waals surface area contributed by atoms with Crippen LogP contribution in [0.1, 0.15) is 17.5 Å². The second kappa shape index (κ2) is 10.1. The van der Waals surface area contributed by atoms with Gasteiger partial charge in [-0.15, -0.1) is 0 Å². The molecule has 0 spiro atoms. The maximum absolute atomic E-state index is 6.10. The molecule has 0 bridgehead atoms. The average Bonchev–Trinajstić information content (AvgIpc) is 2.81. The van der Waals surface area contributed by atoms with Crippen LogP contribution in [0.3, 0.4) is 0 Å². The van der Waals surface area contributed by atoms with Gasteiger partial charge >= 0.3 is 0 Å². The van der Waals surface area contributed by atoms with E-state index in [4.69, 9.17) is 14.5 Å². The Bertz CT molecular complexity index is 1260. The van der Waals surface area contributed by atoms with Crippen molar-refractivity contribution in [3.05, 3.63) is 77.9 Å². The summed E-state index contributed by atoms with van der Waals surface area (Å²) in [4.78, 5) is 7.18. The van der Waals surface area contributed by atoms with E-state index in [1.165, 1.54) is 11.1 Å². The lowest BCUT2D eigenvalue weighted by molar-refractivity contribution is 0.281. The number of ether oxygens (including phenoxy) is 2. The summed E-state index contributed by atoms with van der Waals surface area (Å²) in [6.07, 6.45) is 0.984. The van der Waals surface area contributed by atoms with E-state index in [2.05, 4.69) is 93.5 Å². The van der Waals surface area contributed by atoms with Crippen LogP contribution < -0.4 is 9.47 Å². The molecule has 33 heavy (non-hydrogen) atoms. The zero-order chi connectivity index (χ0) is 23.4. The highest BCUT2D eigenvalue weighted by molar-refractivity contribution is 6.05. The Kier molecular flexibility index (Phi) is 6.95. The molecule has 170 valence electrons. The van der Waals surface area contributed by atoms with Crippen LogP contribution in [0, 0.1) is 13.8 Å². The fourth-order valence-corrected chi connectivity index (χ4v) is 4.19. The van der Waals surface area contributed by atoms with Gasteiger partial charge in [0, 0.05) is 23.1 Å². The minimum Gasteiger partial charge on any atom is -0.494 e. The molecular formula is C29H32N2O2. The Balaban J connectivity index is 1.89. The number of hydrogen-bond donors (Lipinski definition) is 0. The molecule has 0 amide bonds. The summed E-state index contributed by atoms with van der Waals surface area (Å²) < 4.78 is 11.8. The van der Waals surface area contributed by atoms with E-state index >= 15 is 0 Å². The summed E-state index contributed by atoms with van der Waals surface area (Å²) in [5.41, 5.74) is 6.59. The van der Waals surface area contributed by atoms with E-state index in [1.807, 2.05) is 6.07 Å². The number of benzene rings is 3. The molecule has 0 aliphatic carbocycles. The van der Waals surface area contributed by atoms with Crippen LogP contribution in [-0.2, 0) is 0 Å². The number of rotatable bonds is 8. The van der Waals surface area contributed by atoms with Crippen LogP contribution in [0.2, 0.25) is 0 Å². The molecule has 0 unspecified atom stereocenters. The van der Waals surface area contributed by atoms with Crippen molar-refractivity contribution in [2.45, 2.75) is 20.3 Å². The topological polar surface area (TPSA) is 34.6 Å². The number of nitrogens with zero attached hydrogens (tertiary/aromatic N) is 2. The molecule has 0 aliphatic heterocycles. The minimum atomic E-state index is 0.642. The first-order valence-electron chi connectivity index (χ1n) is 11.4. The van der Waals surface area contributed by atoms with Crippen LogP contribution in [0.15, 0.2) is 66.7 Å². The molecule has 0 aliphatic rings. The molecule has 4 nitrogen and oxygen atoms in total. The number of hydrogen-bond acceptors (Lipinski definition) is 4. The predicted molar refractivity (Wildman–Crippen MR) is 137 cm³/mol. The van der Waals surface area contributed by atoms with Crippen molar-refractivity contribution in [3.63, 3.8) is 0 Å². The molecule has 1 aromatic heterocycles. The first kappa shape index (κ1) is 22.8. The number of aryl methyl sites for hydroxylation is 2. The van der Waals surface area contributed by atoms with Gasteiger partial charge in [-0.25, -0.2) is 4.98 Å². The SMILES string of the molecule is COc1nc(-c2ccccc2C)c(-c2cccc(OCCCN(C)C)c2)c2cc(C)ccc12. The molecule has 4 rings (SSSR count). The summed E-state index contributed by atoms with van der Waals surface area (Å²) in [5, 5.41) is 2.14. The second-order valence-corrected chi connectivity index (χ2v) is 8.74. The van der Waals surface area contributed by atoms with E-state index in [0.29, 0.717) is 12.5 Å². The largest absolute Gasteiger partial charge is 0.494 e. The fraction of sp³-hybridized carbons (Fsp3) is 0.276. The van der Waals surface area contributed by atoms with Gasteiger partial charge in [0.25, 0.3) is 0 Å². The van der Waals surface area contributed by atoms with E-state index in [1.54, 1.807) is 7.11 Å². The quantitative estimate of drug-likeness (QED) is 0.292. The molecule has 0 saturated carbocycles. The third-order valence-electron chi connectivity index (χ3n) is 5.86. The standard InChI is InChI=1S/C29H32N2O2/c1-20-14-15-25-26(18-20)27(22-11-8-12-23(19-22)33-17-9-16-31(3)4)28(30-29(25)32-5)24-13-7-6-10-21(24)2/h6-8,10-15,18-19H,9,16-17H2,1-5H3. The predicted octanol–water partition coefficient (Wildman–Crippen LogP) is 6.52. The van der Waals surface area contributed by atoms with Gasteiger partial charge in [-0.1, -0.05) is 54.1 Å². The highest BCUT2D eigenvalue weighted by Gasteiger charge is 2.19. The number of methoxy groups -OCH3 is 1. The van der Waals surface area contributed by atoms with Crippen LogP contribution in [0.5, 0.6) is 11.6 Å². The molecule has 0 saturated heterocycles.